The van der Waals surface area contributed by atoms with Crippen molar-refractivity contribution < 1.29 is 0 Å². The van der Waals surface area contributed by atoms with Gasteiger partial charge < -0.3 is 5.73 Å². The Hall–Kier alpha value is -2.08. The van der Waals surface area contributed by atoms with Crippen LogP contribution in [0.2, 0.25) is 0 Å². The zero-order chi connectivity index (χ0) is 13.5. The highest BCUT2D eigenvalue weighted by Crippen LogP contribution is 2.27. The smallest absolute Gasteiger partial charge is 0.254 e. The summed E-state index contributed by atoms with van der Waals surface area (Å²) in [5, 5.41) is 0. The summed E-state index contributed by atoms with van der Waals surface area (Å²) in [4.78, 5) is 24.7. The number of nitrogens with zero attached hydrogens (tertiary/aromatic N) is 4. The van der Waals surface area contributed by atoms with Gasteiger partial charge in [-0.05, 0) is 25.8 Å². The van der Waals surface area contributed by atoms with Crippen LogP contribution in [0.1, 0.15) is 25.6 Å². The minimum Gasteiger partial charge on any atom is -0.319 e. The molecule has 0 aliphatic carbocycles. The summed E-state index contributed by atoms with van der Waals surface area (Å²) in [5.74, 6) is 0.639. The maximum absolute atomic E-state index is 12.2. The molecule has 3 rings (SSSR count). The second-order valence-electron chi connectivity index (χ2n) is 5.07. The van der Waals surface area contributed by atoms with Crippen molar-refractivity contribution in [2.24, 2.45) is 5.73 Å². The second-order valence-corrected chi connectivity index (χ2v) is 5.07. The van der Waals surface area contributed by atoms with Crippen LogP contribution in [0.25, 0.3) is 11.4 Å². The lowest BCUT2D eigenvalue weighted by Crippen LogP contribution is -2.44. The third-order valence-corrected chi connectivity index (χ3v) is 3.44. The fraction of sp³-hybridized carbons (Fsp3) is 0.385. The van der Waals surface area contributed by atoms with E-state index in [1.165, 1.54) is 12.4 Å². The molecule has 19 heavy (non-hydrogen) atoms. The van der Waals surface area contributed by atoms with Gasteiger partial charge in [0.05, 0.1) is 16.9 Å². The van der Waals surface area contributed by atoms with Gasteiger partial charge in [0, 0.05) is 18.8 Å². The van der Waals surface area contributed by atoms with Crippen LogP contribution in [-0.2, 0) is 12.1 Å². The minimum absolute atomic E-state index is 0.0741. The molecule has 6 nitrogen and oxygen atoms in total. The zero-order valence-corrected chi connectivity index (χ0v) is 10.7. The Labute approximate surface area is 110 Å². The molecule has 6 heteroatoms. The first-order chi connectivity index (χ1) is 9.08. The van der Waals surface area contributed by atoms with Crippen molar-refractivity contribution in [2.45, 2.75) is 31.8 Å². The van der Waals surface area contributed by atoms with Crippen LogP contribution in [0, 0.1) is 0 Å². The topological polar surface area (TPSA) is 86.7 Å². The van der Waals surface area contributed by atoms with Crippen molar-refractivity contribution >= 4 is 0 Å². The van der Waals surface area contributed by atoms with Crippen molar-refractivity contribution in [3.8, 4) is 11.4 Å². The largest absolute Gasteiger partial charge is 0.319 e. The molecule has 0 saturated carbocycles. The Morgan fingerprint density at radius 1 is 1.42 bits per heavy atom. The molecular formula is C13H15N5O. The normalized spacial score (nSPS) is 22.0. The second kappa shape index (κ2) is 4.24. The molecule has 0 fully saturated rings. The number of hydrogen-bond donors (Lipinski definition) is 1. The van der Waals surface area contributed by atoms with Crippen LogP contribution in [0.3, 0.4) is 0 Å². The Morgan fingerprint density at radius 2 is 2.26 bits per heavy atom. The number of nitrogens with two attached hydrogens (primary N) is 1. The van der Waals surface area contributed by atoms with Gasteiger partial charge in [0.15, 0.2) is 0 Å². The van der Waals surface area contributed by atoms with E-state index in [-0.39, 0.29) is 5.56 Å². The molecule has 0 saturated heterocycles. The lowest BCUT2D eigenvalue weighted by atomic mass is 9.92. The van der Waals surface area contributed by atoms with E-state index in [1.807, 2.05) is 6.92 Å². The zero-order valence-electron chi connectivity index (χ0n) is 10.7. The molecule has 98 valence electrons. The van der Waals surface area contributed by atoms with Gasteiger partial charge in [-0.2, -0.15) is 0 Å². The molecule has 2 aromatic heterocycles. The highest BCUT2D eigenvalue weighted by atomic mass is 16.1. The van der Waals surface area contributed by atoms with Crippen LogP contribution in [0.5, 0.6) is 0 Å². The van der Waals surface area contributed by atoms with Crippen molar-refractivity contribution in [3.05, 3.63) is 40.8 Å². The molecule has 0 radical (unpaired) electrons. The summed E-state index contributed by atoms with van der Waals surface area (Å²) in [6.45, 7) is 2.59. The molecule has 2 N–H and O–H groups in total. The highest BCUT2D eigenvalue weighted by Gasteiger charge is 2.31. The molecular weight excluding hydrogens is 242 g/mol. The van der Waals surface area contributed by atoms with E-state index in [4.69, 9.17) is 5.73 Å². The minimum atomic E-state index is -0.569. The Morgan fingerprint density at radius 3 is 3.00 bits per heavy atom. The predicted octanol–water partition coefficient (Wildman–Crippen LogP) is 0.668. The lowest BCUT2D eigenvalue weighted by Gasteiger charge is -2.31. The molecule has 1 atom stereocenters. The van der Waals surface area contributed by atoms with Gasteiger partial charge in [0.25, 0.3) is 5.56 Å². The van der Waals surface area contributed by atoms with E-state index in [2.05, 4.69) is 15.0 Å². The first-order valence-corrected chi connectivity index (χ1v) is 6.25. The highest BCUT2D eigenvalue weighted by molar-refractivity contribution is 5.52. The Bertz CT molecular complexity index is 662. The average Bonchev–Trinajstić information content (AvgIpc) is 2.40. The number of rotatable bonds is 1. The van der Waals surface area contributed by atoms with Gasteiger partial charge >= 0.3 is 0 Å². The third-order valence-electron chi connectivity index (χ3n) is 3.44. The summed E-state index contributed by atoms with van der Waals surface area (Å²) in [7, 11) is 0. The first kappa shape index (κ1) is 12.0. The maximum Gasteiger partial charge on any atom is 0.254 e. The molecule has 0 bridgehead atoms. The lowest BCUT2D eigenvalue weighted by molar-refractivity contribution is 0.323. The first-order valence-electron chi connectivity index (χ1n) is 6.25. The van der Waals surface area contributed by atoms with Crippen molar-refractivity contribution in [2.75, 3.05) is 0 Å². The SMILES string of the molecule is CC1(N)CCCn2c1nc(-c1ccncn1)cc2=O. The maximum atomic E-state index is 12.2. The number of hydrogen-bond acceptors (Lipinski definition) is 5. The molecule has 1 aliphatic rings. The number of fused-ring (bicyclic) bond motifs is 1. The standard InChI is InChI=1S/C13H15N5O/c1-13(14)4-2-6-18-11(19)7-10(17-12(13)18)9-3-5-15-8-16-9/h3,5,7-8H,2,4,6,14H2,1H3. The van der Waals surface area contributed by atoms with Gasteiger partial charge in [-0.1, -0.05) is 0 Å². The van der Waals surface area contributed by atoms with E-state index >= 15 is 0 Å². The van der Waals surface area contributed by atoms with Crippen molar-refractivity contribution in [3.63, 3.8) is 0 Å². The fourth-order valence-corrected chi connectivity index (χ4v) is 2.45. The average molecular weight is 257 g/mol. The van der Waals surface area contributed by atoms with Gasteiger partial charge in [-0.3, -0.25) is 9.36 Å². The van der Waals surface area contributed by atoms with Crippen molar-refractivity contribution in [1.29, 1.82) is 0 Å². The van der Waals surface area contributed by atoms with E-state index < -0.39 is 5.54 Å². The van der Waals surface area contributed by atoms with Crippen LogP contribution in [0.4, 0.5) is 0 Å². The van der Waals surface area contributed by atoms with E-state index in [1.54, 1.807) is 16.8 Å². The van der Waals surface area contributed by atoms with Crippen LogP contribution >= 0.6 is 0 Å². The van der Waals surface area contributed by atoms with Crippen LogP contribution in [0.15, 0.2) is 29.5 Å². The number of aromatic nitrogens is 4. The molecule has 2 aromatic rings. The van der Waals surface area contributed by atoms with Crippen LogP contribution in [-0.4, -0.2) is 19.5 Å². The van der Waals surface area contributed by atoms with Gasteiger partial charge in [0.2, 0.25) is 0 Å². The summed E-state index contributed by atoms with van der Waals surface area (Å²) < 4.78 is 1.66. The van der Waals surface area contributed by atoms with E-state index in [0.717, 1.165) is 12.8 Å². The Balaban J connectivity index is 2.21. The van der Waals surface area contributed by atoms with Gasteiger partial charge in [-0.25, -0.2) is 15.0 Å². The molecule has 0 amide bonds. The third kappa shape index (κ3) is 2.04. The quantitative estimate of drug-likeness (QED) is 0.811. The summed E-state index contributed by atoms with van der Waals surface area (Å²) in [5.41, 5.74) is 6.80. The predicted molar refractivity (Wildman–Crippen MR) is 70.3 cm³/mol. The molecule has 0 aromatic carbocycles. The van der Waals surface area contributed by atoms with Gasteiger partial charge in [0.1, 0.15) is 12.2 Å². The monoisotopic (exact) mass is 257 g/mol. The summed E-state index contributed by atoms with van der Waals surface area (Å²) in [6, 6.07) is 3.24. The molecule has 1 unspecified atom stereocenters. The fourth-order valence-electron chi connectivity index (χ4n) is 2.45. The van der Waals surface area contributed by atoms with Crippen molar-refractivity contribution in [1.82, 2.24) is 19.5 Å². The Kier molecular flexibility index (Phi) is 2.67. The molecule has 0 spiro atoms. The van der Waals surface area contributed by atoms with Gasteiger partial charge in [-0.15, -0.1) is 0 Å². The van der Waals surface area contributed by atoms with E-state index in [0.29, 0.717) is 23.8 Å². The summed E-state index contributed by atoms with van der Waals surface area (Å²) >= 11 is 0. The van der Waals surface area contributed by atoms with E-state index in [9.17, 15) is 4.79 Å². The summed E-state index contributed by atoms with van der Waals surface area (Å²) in [6.07, 6.45) is 4.79. The molecule has 1 aliphatic heterocycles. The molecule has 3 heterocycles. The van der Waals surface area contributed by atoms with Crippen LogP contribution < -0.4 is 11.3 Å².